The van der Waals surface area contributed by atoms with E-state index < -0.39 is 6.04 Å². The fourth-order valence-corrected chi connectivity index (χ4v) is 4.34. The third-order valence-electron chi connectivity index (χ3n) is 4.94. The lowest BCUT2D eigenvalue weighted by Gasteiger charge is -2.32. The van der Waals surface area contributed by atoms with Crippen LogP contribution in [-0.4, -0.2) is 49.3 Å². The number of benzene rings is 2. The van der Waals surface area contributed by atoms with Gasteiger partial charge in [0.1, 0.15) is 11.9 Å². The second kappa shape index (κ2) is 9.84. The number of carbonyl (C=O) groups excluding carboxylic acids is 2. The fraction of sp³-hybridized carbons (Fsp3) is 0.364. The number of fused-ring (bicyclic) bond motifs is 1. The summed E-state index contributed by atoms with van der Waals surface area (Å²) in [6, 6.07) is 9.25. The third-order valence-corrected chi connectivity index (χ3v) is 6.04. The molecule has 8 heteroatoms. The monoisotopic (exact) mass is 432 g/mol. The maximum Gasteiger partial charge on any atom is 0.246 e. The van der Waals surface area contributed by atoms with E-state index in [0.717, 1.165) is 16.0 Å². The van der Waals surface area contributed by atoms with Crippen molar-refractivity contribution in [1.29, 1.82) is 0 Å². The Bertz CT molecular complexity index is 920. The molecule has 2 amide bonds. The average Bonchev–Trinajstić information content (AvgIpc) is 2.75. The summed E-state index contributed by atoms with van der Waals surface area (Å²) in [7, 11) is 3.18. The highest BCUT2D eigenvalue weighted by Gasteiger charge is 2.29. The van der Waals surface area contributed by atoms with Gasteiger partial charge in [0, 0.05) is 30.7 Å². The number of hydrogen-bond acceptors (Lipinski definition) is 5. The van der Waals surface area contributed by atoms with E-state index in [9.17, 15) is 14.0 Å². The first-order valence-electron chi connectivity index (χ1n) is 9.59. The molecule has 0 fully saturated rings. The molecule has 1 aliphatic heterocycles. The molecule has 2 aromatic rings. The third kappa shape index (κ3) is 5.24. The van der Waals surface area contributed by atoms with Gasteiger partial charge in [0.25, 0.3) is 0 Å². The number of methoxy groups -OCH3 is 2. The normalized spacial score (nSPS) is 13.9. The van der Waals surface area contributed by atoms with Gasteiger partial charge in [-0.25, -0.2) is 4.39 Å². The lowest BCUT2D eigenvalue weighted by Crippen LogP contribution is -2.50. The fourth-order valence-electron chi connectivity index (χ4n) is 3.42. The van der Waals surface area contributed by atoms with E-state index in [0.29, 0.717) is 36.8 Å². The molecule has 1 unspecified atom stereocenters. The smallest absolute Gasteiger partial charge is 0.246 e. The Morgan fingerprint density at radius 2 is 1.77 bits per heavy atom. The van der Waals surface area contributed by atoms with Crippen molar-refractivity contribution in [3.05, 3.63) is 53.3 Å². The van der Waals surface area contributed by atoms with Crippen LogP contribution in [0.5, 0.6) is 11.5 Å². The number of thioether (sulfide) groups is 1. The quantitative estimate of drug-likeness (QED) is 0.682. The molecule has 1 heterocycles. The van der Waals surface area contributed by atoms with Gasteiger partial charge in [-0.3, -0.25) is 9.59 Å². The number of rotatable bonds is 7. The summed E-state index contributed by atoms with van der Waals surface area (Å²) in [5.41, 5.74) is 2.12. The number of carbonyl (C=O) groups is 2. The van der Waals surface area contributed by atoms with Crippen molar-refractivity contribution >= 4 is 23.6 Å². The highest BCUT2D eigenvalue weighted by molar-refractivity contribution is 7.99. The Morgan fingerprint density at radius 1 is 1.13 bits per heavy atom. The predicted octanol–water partition coefficient (Wildman–Crippen LogP) is 3.02. The van der Waals surface area contributed by atoms with Crippen LogP contribution in [0.3, 0.4) is 0 Å². The summed E-state index contributed by atoms with van der Waals surface area (Å²) in [4.78, 5) is 27.4. The van der Waals surface area contributed by atoms with Crippen molar-refractivity contribution in [1.82, 2.24) is 10.2 Å². The molecule has 2 aromatic carbocycles. The van der Waals surface area contributed by atoms with Crippen molar-refractivity contribution in [3.8, 4) is 11.5 Å². The Morgan fingerprint density at radius 3 is 2.37 bits per heavy atom. The Hall–Kier alpha value is -2.74. The standard InChI is InChI=1S/C22H25FN2O4S/c1-14(26)24-19(13-30-18-6-4-17(23)5-7-18)22(27)25-9-8-15-10-20(28-2)21(29-3)11-16(15)12-25/h4-7,10-11,19H,8-9,12-13H2,1-3H3,(H,24,26). The van der Waals surface area contributed by atoms with E-state index >= 15 is 0 Å². The molecule has 0 aliphatic carbocycles. The van der Waals surface area contributed by atoms with E-state index in [2.05, 4.69) is 5.32 Å². The minimum atomic E-state index is -0.667. The van der Waals surface area contributed by atoms with Crippen LogP contribution < -0.4 is 14.8 Å². The van der Waals surface area contributed by atoms with Crippen molar-refractivity contribution in [2.45, 2.75) is 30.8 Å². The lowest BCUT2D eigenvalue weighted by molar-refractivity contribution is -0.136. The molecule has 0 radical (unpaired) electrons. The molecule has 6 nitrogen and oxygen atoms in total. The summed E-state index contributed by atoms with van der Waals surface area (Å²) in [6.45, 7) is 2.38. The van der Waals surface area contributed by atoms with Crippen LogP contribution in [0, 0.1) is 5.82 Å². The number of nitrogens with zero attached hydrogens (tertiary/aromatic N) is 1. The zero-order valence-corrected chi connectivity index (χ0v) is 18.1. The van der Waals surface area contributed by atoms with Gasteiger partial charge < -0.3 is 19.7 Å². The van der Waals surface area contributed by atoms with E-state index in [1.807, 2.05) is 12.1 Å². The van der Waals surface area contributed by atoms with Gasteiger partial charge in [-0.15, -0.1) is 11.8 Å². The van der Waals surface area contributed by atoms with Crippen LogP contribution in [0.4, 0.5) is 4.39 Å². The molecule has 0 spiro atoms. The molecule has 160 valence electrons. The molecule has 30 heavy (non-hydrogen) atoms. The largest absolute Gasteiger partial charge is 0.493 e. The number of nitrogens with one attached hydrogen (secondary N) is 1. The highest BCUT2D eigenvalue weighted by Crippen LogP contribution is 2.33. The first kappa shape index (κ1) is 22.0. The number of hydrogen-bond donors (Lipinski definition) is 1. The zero-order chi connectivity index (χ0) is 21.7. The van der Waals surface area contributed by atoms with Gasteiger partial charge in [0.15, 0.2) is 11.5 Å². The maximum absolute atomic E-state index is 13.2. The minimum absolute atomic E-state index is 0.139. The highest BCUT2D eigenvalue weighted by atomic mass is 32.2. The van der Waals surface area contributed by atoms with Gasteiger partial charge in [-0.2, -0.15) is 0 Å². The topological polar surface area (TPSA) is 67.9 Å². The van der Waals surface area contributed by atoms with E-state index in [4.69, 9.17) is 9.47 Å². The summed E-state index contributed by atoms with van der Waals surface area (Å²) in [5, 5.41) is 2.75. The second-order valence-electron chi connectivity index (χ2n) is 7.00. The van der Waals surface area contributed by atoms with Crippen LogP contribution >= 0.6 is 11.8 Å². The van der Waals surface area contributed by atoms with Crippen LogP contribution in [0.15, 0.2) is 41.3 Å². The average molecular weight is 433 g/mol. The van der Waals surface area contributed by atoms with Gasteiger partial charge in [0.2, 0.25) is 11.8 Å². The molecule has 0 aromatic heterocycles. The van der Waals surface area contributed by atoms with E-state index in [1.54, 1.807) is 31.3 Å². The molecular weight excluding hydrogens is 407 g/mol. The zero-order valence-electron chi connectivity index (χ0n) is 17.2. The van der Waals surface area contributed by atoms with E-state index in [-0.39, 0.29) is 17.6 Å². The SMILES string of the molecule is COc1cc2c(cc1OC)CN(C(=O)C(CSc1ccc(F)cc1)NC(C)=O)CC2. The summed E-state index contributed by atoms with van der Waals surface area (Å²) >= 11 is 1.40. The molecule has 3 rings (SSSR count). The van der Waals surface area contributed by atoms with Gasteiger partial charge >= 0.3 is 0 Å². The number of amides is 2. The number of ether oxygens (including phenoxy) is 2. The van der Waals surface area contributed by atoms with Crippen molar-refractivity contribution in [3.63, 3.8) is 0 Å². The summed E-state index contributed by atoms with van der Waals surface area (Å²) < 4.78 is 23.8. The van der Waals surface area contributed by atoms with Gasteiger partial charge in [-0.1, -0.05) is 0 Å². The predicted molar refractivity (Wildman–Crippen MR) is 113 cm³/mol. The molecule has 0 bridgehead atoms. The van der Waals surface area contributed by atoms with Gasteiger partial charge in [0.05, 0.1) is 14.2 Å². The van der Waals surface area contributed by atoms with Crippen molar-refractivity contribution in [2.24, 2.45) is 0 Å². The Labute approximate surface area is 179 Å². The molecule has 1 atom stereocenters. The van der Waals surface area contributed by atoms with Crippen molar-refractivity contribution < 1.29 is 23.5 Å². The Balaban J connectivity index is 1.73. The van der Waals surface area contributed by atoms with Crippen LogP contribution in [-0.2, 0) is 22.6 Å². The van der Waals surface area contributed by atoms with Gasteiger partial charge in [-0.05, 0) is 53.9 Å². The second-order valence-corrected chi connectivity index (χ2v) is 8.10. The molecular formula is C22H25FN2O4S. The lowest BCUT2D eigenvalue weighted by atomic mass is 9.98. The first-order valence-corrected chi connectivity index (χ1v) is 10.6. The molecule has 1 aliphatic rings. The number of halogens is 1. The van der Waals surface area contributed by atoms with Crippen LogP contribution in [0.25, 0.3) is 0 Å². The van der Waals surface area contributed by atoms with Crippen molar-refractivity contribution in [2.75, 3.05) is 26.5 Å². The Kier molecular flexibility index (Phi) is 7.20. The van der Waals surface area contributed by atoms with E-state index in [1.165, 1.54) is 30.8 Å². The summed E-state index contributed by atoms with van der Waals surface area (Å²) in [5.74, 6) is 0.933. The molecule has 0 saturated heterocycles. The minimum Gasteiger partial charge on any atom is -0.493 e. The van der Waals surface area contributed by atoms with Crippen LogP contribution in [0.2, 0.25) is 0 Å². The maximum atomic E-state index is 13.2. The summed E-state index contributed by atoms with van der Waals surface area (Å²) in [6.07, 6.45) is 0.694. The van der Waals surface area contributed by atoms with Crippen LogP contribution in [0.1, 0.15) is 18.1 Å². The molecule has 1 N–H and O–H groups in total. The first-order chi connectivity index (χ1) is 14.4. The molecule has 0 saturated carbocycles.